The zero-order valence-corrected chi connectivity index (χ0v) is 16.5. The fraction of sp³-hybridized carbons (Fsp3) is 0.136. The van der Waals surface area contributed by atoms with Crippen LogP contribution in [0, 0.1) is 0 Å². The van der Waals surface area contributed by atoms with Crippen LogP contribution in [0.2, 0.25) is 0 Å². The second kappa shape index (κ2) is 7.63. The van der Waals surface area contributed by atoms with Crippen molar-refractivity contribution in [1.29, 1.82) is 0 Å². The van der Waals surface area contributed by atoms with Gasteiger partial charge in [0.25, 0.3) is 5.91 Å². The zero-order chi connectivity index (χ0) is 20.4. The van der Waals surface area contributed by atoms with Crippen LogP contribution in [-0.4, -0.2) is 42.1 Å². The van der Waals surface area contributed by atoms with Crippen molar-refractivity contribution < 1.29 is 9.53 Å². The number of ether oxygens (including phenoxy) is 1. The minimum Gasteiger partial charge on any atom is -0.497 e. The Morgan fingerprint density at radius 3 is 2.28 bits per heavy atom. The summed E-state index contributed by atoms with van der Waals surface area (Å²) in [6.45, 7) is 0. The van der Waals surface area contributed by atoms with Gasteiger partial charge in [-0.15, -0.1) is 10.2 Å². The zero-order valence-electron chi connectivity index (χ0n) is 16.5. The summed E-state index contributed by atoms with van der Waals surface area (Å²) in [7, 11) is 5.59. The predicted molar refractivity (Wildman–Crippen MR) is 114 cm³/mol. The maximum Gasteiger partial charge on any atom is 0.255 e. The summed E-state index contributed by atoms with van der Waals surface area (Å²) in [6, 6.07) is 20.4. The smallest absolute Gasteiger partial charge is 0.255 e. The summed E-state index contributed by atoms with van der Waals surface area (Å²) < 4.78 is 5.12. The number of rotatable bonds is 5. The molecule has 1 heterocycles. The van der Waals surface area contributed by atoms with E-state index in [0.29, 0.717) is 22.5 Å². The molecule has 0 spiro atoms. The molecule has 4 aromatic rings. The summed E-state index contributed by atoms with van der Waals surface area (Å²) in [4.78, 5) is 16.1. The maximum absolute atomic E-state index is 12.5. The molecule has 0 aliphatic carbocycles. The summed E-state index contributed by atoms with van der Waals surface area (Å²) in [6.07, 6.45) is 0. The highest BCUT2D eigenvalue weighted by Gasteiger charge is 2.10. The first kappa shape index (κ1) is 18.5. The van der Waals surface area contributed by atoms with Gasteiger partial charge in [-0.1, -0.05) is 0 Å². The summed E-state index contributed by atoms with van der Waals surface area (Å²) >= 11 is 0. The Morgan fingerprint density at radius 1 is 0.931 bits per heavy atom. The monoisotopic (exact) mass is 387 g/mol. The van der Waals surface area contributed by atoms with E-state index in [1.807, 2.05) is 61.5 Å². The van der Waals surface area contributed by atoms with Gasteiger partial charge in [-0.25, -0.2) is 0 Å². The van der Waals surface area contributed by atoms with E-state index >= 15 is 0 Å². The molecule has 0 saturated carbocycles. The van der Waals surface area contributed by atoms with Gasteiger partial charge < -0.3 is 15.0 Å². The number of methoxy groups -OCH3 is 1. The van der Waals surface area contributed by atoms with Crippen LogP contribution < -0.4 is 15.0 Å². The van der Waals surface area contributed by atoms with Gasteiger partial charge in [-0.2, -0.15) is 4.80 Å². The number of fused-ring (bicyclic) bond motifs is 1. The minimum absolute atomic E-state index is 0.196. The number of benzene rings is 3. The second-order valence-corrected chi connectivity index (χ2v) is 6.79. The van der Waals surface area contributed by atoms with Gasteiger partial charge in [-0.3, -0.25) is 4.79 Å². The Bertz CT molecular complexity index is 1150. The molecule has 4 rings (SSSR count). The Hall–Kier alpha value is -3.87. The summed E-state index contributed by atoms with van der Waals surface area (Å²) in [5, 5.41) is 12.0. The van der Waals surface area contributed by atoms with Crippen molar-refractivity contribution in [3.05, 3.63) is 72.3 Å². The third-order valence-corrected chi connectivity index (χ3v) is 4.59. The molecule has 0 atom stereocenters. The molecule has 1 N–H and O–H groups in total. The lowest BCUT2D eigenvalue weighted by molar-refractivity contribution is 0.102. The van der Waals surface area contributed by atoms with Crippen molar-refractivity contribution in [3.63, 3.8) is 0 Å². The Balaban J connectivity index is 1.55. The number of carbonyl (C=O) groups excluding carboxylic acids is 1. The highest BCUT2D eigenvalue weighted by Crippen LogP contribution is 2.20. The first-order valence-corrected chi connectivity index (χ1v) is 9.14. The predicted octanol–water partition coefficient (Wildman–Crippen LogP) is 3.75. The number of carbonyl (C=O) groups is 1. The maximum atomic E-state index is 12.5. The van der Waals surface area contributed by atoms with Gasteiger partial charge >= 0.3 is 0 Å². The van der Waals surface area contributed by atoms with Crippen molar-refractivity contribution >= 4 is 28.3 Å². The molecule has 0 unspecified atom stereocenters. The summed E-state index contributed by atoms with van der Waals surface area (Å²) in [5.74, 6) is 0.511. The van der Waals surface area contributed by atoms with Crippen molar-refractivity contribution in [3.8, 4) is 11.4 Å². The average Bonchev–Trinajstić information content (AvgIpc) is 3.17. The van der Waals surface area contributed by atoms with Crippen molar-refractivity contribution in [2.75, 3.05) is 31.4 Å². The standard InChI is InChI=1S/C22H21N5O2/c1-26(2)17-7-9-18(10-8-17)27-24-20-13-6-16(14-21(20)25-27)23-22(28)15-4-11-19(29-3)12-5-15/h4-14H,1-3H3,(H,23,28). The van der Waals surface area contributed by atoms with Gasteiger partial charge in [-0.05, 0) is 66.7 Å². The lowest BCUT2D eigenvalue weighted by Crippen LogP contribution is -2.11. The lowest BCUT2D eigenvalue weighted by Gasteiger charge is -2.12. The van der Waals surface area contributed by atoms with E-state index in [-0.39, 0.29) is 5.91 Å². The fourth-order valence-corrected chi connectivity index (χ4v) is 2.94. The van der Waals surface area contributed by atoms with Crippen LogP contribution in [0.5, 0.6) is 5.75 Å². The third-order valence-electron chi connectivity index (χ3n) is 4.59. The normalized spacial score (nSPS) is 10.7. The molecule has 7 heteroatoms. The van der Waals surface area contributed by atoms with Gasteiger partial charge in [0.05, 0.1) is 12.8 Å². The number of nitrogens with zero attached hydrogens (tertiary/aromatic N) is 4. The number of aromatic nitrogens is 3. The third kappa shape index (κ3) is 3.89. The molecule has 0 saturated heterocycles. The Morgan fingerprint density at radius 2 is 1.62 bits per heavy atom. The molecule has 146 valence electrons. The van der Waals surface area contributed by atoms with Gasteiger partial charge in [0.2, 0.25) is 0 Å². The number of hydrogen-bond donors (Lipinski definition) is 1. The van der Waals surface area contributed by atoms with E-state index in [1.54, 1.807) is 36.2 Å². The van der Waals surface area contributed by atoms with Crippen molar-refractivity contribution in [2.45, 2.75) is 0 Å². The SMILES string of the molecule is COc1ccc(C(=O)Nc2ccc3nn(-c4ccc(N(C)C)cc4)nc3c2)cc1. The van der Waals surface area contributed by atoms with Crippen LogP contribution in [0.1, 0.15) is 10.4 Å². The number of hydrogen-bond acceptors (Lipinski definition) is 5. The largest absolute Gasteiger partial charge is 0.497 e. The molecule has 29 heavy (non-hydrogen) atoms. The molecule has 1 amide bonds. The Labute approximate surface area is 168 Å². The molecule has 0 fully saturated rings. The van der Waals surface area contributed by atoms with E-state index in [4.69, 9.17) is 4.74 Å². The van der Waals surface area contributed by atoms with E-state index in [2.05, 4.69) is 15.5 Å². The van der Waals surface area contributed by atoms with Crippen LogP contribution in [-0.2, 0) is 0 Å². The first-order chi connectivity index (χ1) is 14.0. The number of anilines is 2. The topological polar surface area (TPSA) is 72.3 Å². The molecule has 3 aromatic carbocycles. The molecular formula is C22H21N5O2. The summed E-state index contributed by atoms with van der Waals surface area (Å²) in [5.41, 5.74) is 4.65. The molecule has 7 nitrogen and oxygen atoms in total. The van der Waals surface area contributed by atoms with Crippen molar-refractivity contribution in [2.24, 2.45) is 0 Å². The average molecular weight is 387 g/mol. The molecular weight excluding hydrogens is 366 g/mol. The number of nitrogens with one attached hydrogen (secondary N) is 1. The Kier molecular flexibility index (Phi) is 4.87. The lowest BCUT2D eigenvalue weighted by atomic mass is 10.2. The molecule has 0 aliphatic rings. The number of amides is 1. The van der Waals surface area contributed by atoms with Gasteiger partial charge in [0.1, 0.15) is 16.8 Å². The van der Waals surface area contributed by atoms with Crippen LogP contribution in [0.3, 0.4) is 0 Å². The quantitative estimate of drug-likeness (QED) is 0.565. The van der Waals surface area contributed by atoms with E-state index in [1.165, 1.54) is 0 Å². The fourth-order valence-electron chi connectivity index (χ4n) is 2.94. The van der Waals surface area contributed by atoms with Crippen LogP contribution >= 0.6 is 0 Å². The van der Waals surface area contributed by atoms with Gasteiger partial charge in [0, 0.05) is 31.0 Å². The van der Waals surface area contributed by atoms with Crippen LogP contribution in [0.4, 0.5) is 11.4 Å². The molecule has 0 radical (unpaired) electrons. The van der Waals surface area contributed by atoms with E-state index < -0.39 is 0 Å². The minimum atomic E-state index is -0.196. The first-order valence-electron chi connectivity index (χ1n) is 9.14. The van der Waals surface area contributed by atoms with Crippen molar-refractivity contribution in [1.82, 2.24) is 15.0 Å². The van der Waals surface area contributed by atoms with E-state index in [0.717, 1.165) is 16.9 Å². The van der Waals surface area contributed by atoms with Gasteiger partial charge in [0.15, 0.2) is 0 Å². The highest BCUT2D eigenvalue weighted by atomic mass is 16.5. The van der Waals surface area contributed by atoms with Crippen LogP contribution in [0.15, 0.2) is 66.7 Å². The molecule has 0 aliphatic heterocycles. The van der Waals surface area contributed by atoms with Crippen LogP contribution in [0.25, 0.3) is 16.7 Å². The highest BCUT2D eigenvalue weighted by molar-refractivity contribution is 6.05. The van der Waals surface area contributed by atoms with E-state index in [9.17, 15) is 4.79 Å². The molecule has 1 aromatic heterocycles. The molecule has 0 bridgehead atoms. The second-order valence-electron chi connectivity index (χ2n) is 6.79.